The third-order valence-corrected chi connectivity index (χ3v) is 4.01. The largest absolute Gasteiger partial charge is 0.481 e. The van der Waals surface area contributed by atoms with E-state index in [1.54, 1.807) is 20.8 Å². The van der Waals surface area contributed by atoms with E-state index in [0.29, 0.717) is 12.0 Å². The molecule has 0 fully saturated rings. The van der Waals surface area contributed by atoms with Gasteiger partial charge in [0.05, 0.1) is 5.30 Å². The molecule has 6 heteroatoms. The number of benzene rings is 1. The molecule has 0 saturated carbocycles. The third kappa shape index (κ3) is 4.46. The van der Waals surface area contributed by atoms with Crippen LogP contribution in [0.3, 0.4) is 0 Å². The Morgan fingerprint density at radius 2 is 1.89 bits per heavy atom. The maximum atomic E-state index is 11.5. The van der Waals surface area contributed by atoms with Crippen LogP contribution in [0.15, 0.2) is 12.1 Å². The van der Waals surface area contributed by atoms with Gasteiger partial charge in [-0.1, -0.05) is 13.0 Å². The molecule has 5 nitrogen and oxygen atoms in total. The Kier molecular flexibility index (Phi) is 4.91. The van der Waals surface area contributed by atoms with E-state index >= 15 is 0 Å². The van der Waals surface area contributed by atoms with Crippen molar-refractivity contribution in [1.29, 1.82) is 0 Å². The summed E-state index contributed by atoms with van der Waals surface area (Å²) in [5.74, 6) is -1.08. The quantitative estimate of drug-likeness (QED) is 0.717. The summed E-state index contributed by atoms with van der Waals surface area (Å²) in [6, 6.07) is 3.33. The van der Waals surface area contributed by atoms with Crippen LogP contribution in [0.25, 0.3) is 0 Å². The van der Waals surface area contributed by atoms with Crippen LogP contribution in [-0.4, -0.2) is 20.9 Å². The lowest BCUT2D eigenvalue weighted by Gasteiger charge is -2.17. The Balaban J connectivity index is 3.19. The van der Waals surface area contributed by atoms with Crippen LogP contribution in [0.4, 0.5) is 0 Å². The van der Waals surface area contributed by atoms with E-state index in [1.807, 2.05) is 6.07 Å². The van der Waals surface area contributed by atoms with E-state index < -0.39 is 13.6 Å². The predicted molar refractivity (Wildman–Crippen MR) is 72.7 cm³/mol. The molecule has 1 unspecified atom stereocenters. The van der Waals surface area contributed by atoms with Gasteiger partial charge in [0, 0.05) is 6.42 Å². The molecule has 0 aliphatic carbocycles. The second-order valence-electron chi connectivity index (χ2n) is 5.03. The van der Waals surface area contributed by atoms with E-state index in [4.69, 9.17) is 5.11 Å². The van der Waals surface area contributed by atoms with E-state index in [-0.39, 0.29) is 17.6 Å². The van der Waals surface area contributed by atoms with Gasteiger partial charge in [-0.3, -0.25) is 9.36 Å². The van der Waals surface area contributed by atoms with Crippen molar-refractivity contribution < 1.29 is 24.3 Å². The molecule has 3 N–H and O–H groups in total. The highest BCUT2D eigenvalue weighted by Gasteiger charge is 2.24. The van der Waals surface area contributed by atoms with Crippen LogP contribution < -0.4 is 5.30 Å². The summed E-state index contributed by atoms with van der Waals surface area (Å²) in [6.45, 7) is 5.32. The van der Waals surface area contributed by atoms with Gasteiger partial charge in [-0.15, -0.1) is 0 Å². The van der Waals surface area contributed by atoms with Crippen molar-refractivity contribution in [2.75, 3.05) is 0 Å². The number of hydrogen-bond acceptors (Lipinski definition) is 2. The van der Waals surface area contributed by atoms with Gasteiger partial charge in [0.1, 0.15) is 0 Å². The third-order valence-electron chi connectivity index (χ3n) is 2.98. The first-order valence-corrected chi connectivity index (χ1v) is 7.60. The van der Waals surface area contributed by atoms with Crippen molar-refractivity contribution >= 4 is 18.9 Å². The van der Waals surface area contributed by atoms with E-state index in [2.05, 4.69) is 0 Å². The summed E-state index contributed by atoms with van der Waals surface area (Å²) in [4.78, 5) is 29.5. The Labute approximate surface area is 112 Å². The minimum Gasteiger partial charge on any atom is -0.481 e. The summed E-state index contributed by atoms with van der Waals surface area (Å²) in [6.07, 6.45) is 0.326. The van der Waals surface area contributed by atoms with Crippen molar-refractivity contribution in [3.63, 3.8) is 0 Å². The molecule has 0 aromatic heterocycles. The number of hydrogen-bond donors (Lipinski definition) is 3. The van der Waals surface area contributed by atoms with Crippen LogP contribution in [0.1, 0.15) is 30.0 Å². The molecule has 1 atom stereocenters. The van der Waals surface area contributed by atoms with Gasteiger partial charge >= 0.3 is 13.6 Å². The van der Waals surface area contributed by atoms with Crippen LogP contribution in [-0.2, 0) is 15.8 Å². The molecule has 0 bridgehead atoms. The van der Waals surface area contributed by atoms with Gasteiger partial charge < -0.3 is 14.9 Å². The number of carbonyl (C=O) groups is 1. The highest BCUT2D eigenvalue weighted by Crippen LogP contribution is 2.36. The lowest BCUT2D eigenvalue weighted by Crippen LogP contribution is -2.18. The number of rotatable bonds is 5. The highest BCUT2D eigenvalue weighted by molar-refractivity contribution is 7.60. The van der Waals surface area contributed by atoms with Crippen molar-refractivity contribution in [3.8, 4) is 0 Å². The van der Waals surface area contributed by atoms with E-state index in [9.17, 15) is 19.1 Å². The van der Waals surface area contributed by atoms with Gasteiger partial charge in [-0.05, 0) is 48.9 Å². The molecule has 0 aliphatic heterocycles. The van der Waals surface area contributed by atoms with E-state index in [1.165, 1.54) is 6.07 Å². The van der Waals surface area contributed by atoms with Gasteiger partial charge in [0.25, 0.3) is 0 Å². The van der Waals surface area contributed by atoms with Crippen molar-refractivity contribution in [3.05, 3.63) is 28.8 Å². The average Bonchev–Trinajstić information content (AvgIpc) is 2.18. The molecule has 19 heavy (non-hydrogen) atoms. The molecule has 0 radical (unpaired) electrons. The SMILES string of the molecule is Cc1cc(C)c(CC(C)CC(=O)O)c(P(=O)(O)O)c1. The molecule has 1 rings (SSSR count). The fourth-order valence-electron chi connectivity index (χ4n) is 2.22. The Morgan fingerprint density at radius 3 is 2.37 bits per heavy atom. The minimum absolute atomic E-state index is 0.0160. The molecular weight excluding hydrogens is 267 g/mol. The smallest absolute Gasteiger partial charge is 0.356 e. The van der Waals surface area contributed by atoms with Crippen molar-refractivity contribution in [1.82, 2.24) is 0 Å². The summed E-state index contributed by atoms with van der Waals surface area (Å²) in [5.41, 5.74) is 2.13. The second kappa shape index (κ2) is 5.87. The molecular formula is C13H19O5P. The summed E-state index contributed by atoms with van der Waals surface area (Å²) >= 11 is 0. The number of carboxylic acids is 1. The van der Waals surface area contributed by atoms with Crippen LogP contribution in [0.5, 0.6) is 0 Å². The summed E-state index contributed by atoms with van der Waals surface area (Å²) < 4.78 is 11.5. The lowest BCUT2D eigenvalue weighted by molar-refractivity contribution is -0.137. The molecule has 0 spiro atoms. The van der Waals surface area contributed by atoms with Crippen LogP contribution >= 0.6 is 7.60 Å². The van der Waals surface area contributed by atoms with Crippen LogP contribution in [0, 0.1) is 19.8 Å². The molecule has 0 aliphatic rings. The maximum Gasteiger partial charge on any atom is 0.356 e. The van der Waals surface area contributed by atoms with Gasteiger partial charge in [-0.25, -0.2) is 0 Å². The fraction of sp³-hybridized carbons (Fsp3) is 0.462. The monoisotopic (exact) mass is 286 g/mol. The van der Waals surface area contributed by atoms with E-state index in [0.717, 1.165) is 11.1 Å². The van der Waals surface area contributed by atoms with Gasteiger partial charge in [-0.2, -0.15) is 0 Å². The normalized spacial score (nSPS) is 13.3. The van der Waals surface area contributed by atoms with Crippen molar-refractivity contribution in [2.24, 2.45) is 5.92 Å². The number of aryl methyl sites for hydroxylation is 2. The zero-order chi connectivity index (χ0) is 14.8. The maximum absolute atomic E-state index is 11.5. The minimum atomic E-state index is -4.35. The summed E-state index contributed by atoms with van der Waals surface area (Å²) in [5, 5.41) is 8.77. The zero-order valence-electron chi connectivity index (χ0n) is 11.3. The lowest BCUT2D eigenvalue weighted by atomic mass is 9.94. The topological polar surface area (TPSA) is 94.8 Å². The number of carboxylic acid groups (broad SMARTS) is 1. The first-order valence-electron chi connectivity index (χ1n) is 5.99. The standard InChI is InChI=1S/C13H19O5P/c1-8-4-10(3)11(5-9(2)7-13(14)15)12(6-8)19(16,17)18/h4,6,9H,5,7H2,1-3H3,(H,14,15)(H2,16,17,18). The molecule has 106 valence electrons. The zero-order valence-corrected chi connectivity index (χ0v) is 12.1. The first-order chi connectivity index (χ1) is 8.61. The molecule has 0 saturated heterocycles. The Hall–Kier alpha value is -1.16. The average molecular weight is 286 g/mol. The molecule has 1 aromatic rings. The summed E-state index contributed by atoms with van der Waals surface area (Å²) in [7, 11) is -4.35. The Bertz CT molecular complexity index is 532. The van der Waals surface area contributed by atoms with Crippen molar-refractivity contribution in [2.45, 2.75) is 33.6 Å². The fourth-order valence-corrected chi connectivity index (χ4v) is 3.21. The van der Waals surface area contributed by atoms with Gasteiger partial charge in [0.15, 0.2) is 0 Å². The Morgan fingerprint density at radius 1 is 1.32 bits per heavy atom. The molecule has 0 heterocycles. The van der Waals surface area contributed by atoms with Crippen LogP contribution in [0.2, 0.25) is 0 Å². The highest BCUT2D eigenvalue weighted by atomic mass is 31.2. The predicted octanol–water partition coefficient (Wildman–Crippen LogP) is 1.76. The molecule has 0 amide bonds. The first kappa shape index (κ1) is 15.9. The number of aliphatic carboxylic acids is 1. The molecule has 1 aromatic carbocycles. The second-order valence-corrected chi connectivity index (χ2v) is 6.60. The van der Waals surface area contributed by atoms with Gasteiger partial charge in [0.2, 0.25) is 0 Å².